The molecular formula is C28H23BCl2F4N2O4. The van der Waals surface area contributed by atoms with Crippen molar-refractivity contribution < 1.29 is 36.9 Å². The molecule has 41 heavy (non-hydrogen) atoms. The predicted octanol–water partition coefficient (Wildman–Crippen LogP) is 5.91. The zero-order valence-corrected chi connectivity index (χ0v) is 23.5. The van der Waals surface area contributed by atoms with Gasteiger partial charge < -0.3 is 19.8 Å². The molecule has 1 amide bonds. The Morgan fingerprint density at radius 1 is 1.12 bits per heavy atom. The van der Waals surface area contributed by atoms with Crippen LogP contribution in [0, 0.1) is 12.7 Å². The van der Waals surface area contributed by atoms with Gasteiger partial charge in [-0.05, 0) is 72.8 Å². The molecule has 0 bridgehead atoms. The Bertz CT molecular complexity index is 1570. The van der Waals surface area contributed by atoms with Crippen LogP contribution in [0.1, 0.15) is 58.4 Å². The summed E-state index contributed by atoms with van der Waals surface area (Å²) in [6, 6.07) is 11.6. The highest BCUT2D eigenvalue weighted by Crippen LogP contribution is 2.50. The molecule has 0 aliphatic carbocycles. The number of hydrogen-bond acceptors (Lipinski definition) is 5. The van der Waals surface area contributed by atoms with Gasteiger partial charge in [-0.3, -0.25) is 4.79 Å². The first-order valence-electron chi connectivity index (χ1n) is 12.5. The maximum Gasteiger partial charge on any atom is 0.492 e. The molecule has 5 rings (SSSR count). The molecule has 0 fully saturated rings. The number of aryl methyl sites for hydroxylation is 1. The van der Waals surface area contributed by atoms with Crippen LogP contribution in [-0.4, -0.2) is 29.9 Å². The number of alkyl halides is 3. The number of fused-ring (bicyclic) bond motifs is 1. The zero-order chi connectivity index (χ0) is 29.9. The van der Waals surface area contributed by atoms with Crippen LogP contribution < -0.4 is 10.8 Å². The van der Waals surface area contributed by atoms with E-state index in [0.717, 1.165) is 23.3 Å². The molecule has 0 unspecified atom stereocenters. The summed E-state index contributed by atoms with van der Waals surface area (Å²) in [5, 5.41) is 15.6. The van der Waals surface area contributed by atoms with Crippen molar-refractivity contribution in [3.63, 3.8) is 0 Å². The fourth-order valence-electron chi connectivity index (χ4n) is 5.10. The van der Waals surface area contributed by atoms with Crippen LogP contribution >= 0.6 is 23.2 Å². The lowest BCUT2D eigenvalue weighted by molar-refractivity contribution is -0.275. The second-order valence-electron chi connectivity index (χ2n) is 10.5. The number of amides is 1. The Morgan fingerprint density at radius 2 is 1.80 bits per heavy atom. The second kappa shape index (κ2) is 10.3. The van der Waals surface area contributed by atoms with E-state index in [1.807, 2.05) is 26.0 Å². The number of benzene rings is 3. The first kappa shape index (κ1) is 29.4. The molecule has 0 spiro atoms. The highest BCUT2D eigenvalue weighted by molar-refractivity contribution is 6.62. The monoisotopic (exact) mass is 608 g/mol. The molecular weight excluding hydrogens is 586 g/mol. The summed E-state index contributed by atoms with van der Waals surface area (Å²) in [6.45, 7) is 5.54. The third-order valence-corrected chi connectivity index (χ3v) is 7.88. The Kier molecular flexibility index (Phi) is 7.39. The zero-order valence-electron chi connectivity index (χ0n) is 22.0. The van der Waals surface area contributed by atoms with Crippen molar-refractivity contribution in [1.82, 2.24) is 5.32 Å². The van der Waals surface area contributed by atoms with E-state index < -0.39 is 58.3 Å². The van der Waals surface area contributed by atoms with Crippen molar-refractivity contribution in [3.8, 4) is 0 Å². The Hall–Kier alpha value is -3.12. The molecule has 1 atom stereocenters. The van der Waals surface area contributed by atoms with Gasteiger partial charge in [-0.25, -0.2) is 4.39 Å². The molecule has 0 radical (unpaired) electrons. The fraction of sp³-hybridized carbons (Fsp3) is 0.286. The first-order chi connectivity index (χ1) is 19.1. The van der Waals surface area contributed by atoms with Crippen LogP contribution in [-0.2, 0) is 27.2 Å². The van der Waals surface area contributed by atoms with E-state index in [0.29, 0.717) is 22.2 Å². The number of nitrogens with zero attached hydrogens (tertiary/aromatic N) is 1. The van der Waals surface area contributed by atoms with Crippen molar-refractivity contribution in [2.24, 2.45) is 5.16 Å². The maximum atomic E-state index is 14.3. The second-order valence-corrected chi connectivity index (χ2v) is 11.3. The lowest BCUT2D eigenvalue weighted by atomic mass is 9.77. The third-order valence-electron chi connectivity index (χ3n) is 7.33. The smallest absolute Gasteiger partial charge is 0.423 e. The van der Waals surface area contributed by atoms with Crippen molar-refractivity contribution in [2.75, 3.05) is 0 Å². The van der Waals surface area contributed by atoms with E-state index in [4.69, 9.17) is 32.7 Å². The Balaban J connectivity index is 1.32. The molecule has 2 aliphatic heterocycles. The van der Waals surface area contributed by atoms with Gasteiger partial charge in [-0.1, -0.05) is 52.6 Å². The van der Waals surface area contributed by atoms with E-state index in [-0.39, 0.29) is 12.3 Å². The number of hydrogen-bond donors (Lipinski definition) is 2. The summed E-state index contributed by atoms with van der Waals surface area (Å²) in [5.74, 6) is -1.43. The lowest BCUT2D eigenvalue weighted by Gasteiger charge is -2.29. The molecule has 2 N–H and O–H groups in total. The van der Waals surface area contributed by atoms with Gasteiger partial charge in [0.1, 0.15) is 0 Å². The van der Waals surface area contributed by atoms with Gasteiger partial charge in [0.25, 0.3) is 11.5 Å². The van der Waals surface area contributed by atoms with Gasteiger partial charge in [-0.2, -0.15) is 13.2 Å². The lowest BCUT2D eigenvalue weighted by Crippen LogP contribution is -2.42. The molecule has 3 aromatic rings. The van der Waals surface area contributed by atoms with Gasteiger partial charge >= 0.3 is 13.3 Å². The highest BCUT2D eigenvalue weighted by Gasteiger charge is 2.62. The van der Waals surface area contributed by atoms with Crippen LogP contribution in [0.2, 0.25) is 10.0 Å². The minimum atomic E-state index is -4.94. The molecule has 13 heteroatoms. The van der Waals surface area contributed by atoms with Crippen molar-refractivity contribution in [3.05, 3.63) is 97.8 Å². The van der Waals surface area contributed by atoms with E-state index >= 15 is 0 Å². The molecule has 0 aromatic heterocycles. The maximum absolute atomic E-state index is 14.3. The summed E-state index contributed by atoms with van der Waals surface area (Å²) in [4.78, 5) is 17.9. The number of halogens is 6. The van der Waals surface area contributed by atoms with E-state index in [9.17, 15) is 27.4 Å². The van der Waals surface area contributed by atoms with Crippen LogP contribution in [0.25, 0.3) is 0 Å². The number of rotatable bonds is 5. The van der Waals surface area contributed by atoms with Crippen LogP contribution in [0.5, 0.6) is 0 Å². The summed E-state index contributed by atoms with van der Waals surface area (Å²) >= 11 is 11.5. The van der Waals surface area contributed by atoms with Crippen LogP contribution in [0.15, 0.2) is 53.7 Å². The summed E-state index contributed by atoms with van der Waals surface area (Å²) in [7, 11) is -1.05. The van der Waals surface area contributed by atoms with E-state index in [1.165, 1.54) is 12.1 Å². The predicted molar refractivity (Wildman–Crippen MR) is 147 cm³/mol. The normalized spacial score (nSPS) is 19.6. The molecule has 3 aromatic carbocycles. The standard InChI is InChI=1S/C28H23BCl2F4N2O4/c1-14-8-16(23-12-27(41-37-23,28(33,34)35)17-10-21(30)24(32)22(31)11-17)5-6-18(14)25(38)36-13-15-4-7-19-20(9-15)29(39)40-26(19,2)3/h4-11,39H,12-13H2,1-3H3,(H,36,38)/t27-/m1/s1. The first-order valence-corrected chi connectivity index (χ1v) is 13.2. The fourth-order valence-corrected chi connectivity index (χ4v) is 5.59. The van der Waals surface area contributed by atoms with Crippen LogP contribution in [0.4, 0.5) is 17.6 Å². The average Bonchev–Trinajstić information content (AvgIpc) is 3.45. The summed E-state index contributed by atoms with van der Waals surface area (Å²) < 4.78 is 62.4. The average molecular weight is 609 g/mol. The Labute approximate surface area is 243 Å². The third kappa shape index (κ3) is 5.20. The van der Waals surface area contributed by atoms with Gasteiger partial charge in [0.05, 0.1) is 21.4 Å². The van der Waals surface area contributed by atoms with Crippen LogP contribution in [0.3, 0.4) is 0 Å². The van der Waals surface area contributed by atoms with Crippen molar-refractivity contribution in [2.45, 2.75) is 51.1 Å². The number of carbonyl (C=O) groups is 1. The van der Waals surface area contributed by atoms with Gasteiger partial charge in [0, 0.05) is 24.1 Å². The van der Waals surface area contributed by atoms with Crippen molar-refractivity contribution >= 4 is 47.4 Å². The molecule has 2 aliphatic rings. The largest absolute Gasteiger partial charge is 0.492 e. The van der Waals surface area contributed by atoms with Gasteiger partial charge in [0.15, 0.2) is 5.82 Å². The van der Waals surface area contributed by atoms with E-state index in [2.05, 4.69) is 10.5 Å². The molecule has 2 heterocycles. The Morgan fingerprint density at radius 3 is 2.44 bits per heavy atom. The number of carbonyl (C=O) groups excluding carboxylic acids is 1. The van der Waals surface area contributed by atoms with Gasteiger partial charge in [0.2, 0.25) is 0 Å². The molecule has 0 saturated heterocycles. The van der Waals surface area contributed by atoms with Gasteiger partial charge in [-0.15, -0.1) is 0 Å². The molecule has 0 saturated carbocycles. The highest BCUT2D eigenvalue weighted by atomic mass is 35.5. The quantitative estimate of drug-likeness (QED) is 0.215. The minimum Gasteiger partial charge on any atom is -0.423 e. The SMILES string of the molecule is Cc1cc(C2=NO[C@](c3cc(Cl)c(F)c(Cl)c3)(C(F)(F)F)C2)ccc1C(=O)NCc1ccc2c(c1)B(O)OC2(C)C. The van der Waals surface area contributed by atoms with E-state index in [1.54, 1.807) is 19.1 Å². The number of oxime groups is 1. The minimum absolute atomic E-state index is 0.0178. The van der Waals surface area contributed by atoms with Crippen molar-refractivity contribution in [1.29, 1.82) is 0 Å². The molecule has 6 nitrogen and oxygen atoms in total. The summed E-state index contributed by atoms with van der Waals surface area (Å²) in [5.41, 5.74) is -0.642. The molecule has 214 valence electrons. The topological polar surface area (TPSA) is 80.2 Å². The summed E-state index contributed by atoms with van der Waals surface area (Å²) in [6.07, 6.45) is -5.66. The number of nitrogens with one attached hydrogen (secondary N) is 1.